The van der Waals surface area contributed by atoms with E-state index < -0.39 is 5.54 Å². The Balaban J connectivity index is 2.28. The Bertz CT molecular complexity index is 409. The fourth-order valence-electron chi connectivity index (χ4n) is 3.41. The molecule has 1 saturated carbocycles. The minimum absolute atomic E-state index is 0.00259. The maximum atomic E-state index is 12.8. The van der Waals surface area contributed by atoms with Crippen LogP contribution < -0.4 is 5.32 Å². The van der Waals surface area contributed by atoms with Crippen LogP contribution in [0.2, 0.25) is 0 Å². The highest BCUT2D eigenvalue weighted by Gasteiger charge is 2.49. The lowest BCUT2D eigenvalue weighted by molar-refractivity contribution is -0.158. The summed E-state index contributed by atoms with van der Waals surface area (Å²) in [6.07, 6.45) is 5.30. The van der Waals surface area contributed by atoms with Gasteiger partial charge >= 0.3 is 0 Å². The molecule has 20 heavy (non-hydrogen) atoms. The molecule has 0 radical (unpaired) electrons. The fourth-order valence-corrected chi connectivity index (χ4v) is 4.20. The van der Waals surface area contributed by atoms with Gasteiger partial charge < -0.3 is 10.2 Å². The number of thioether (sulfide) groups is 1. The van der Waals surface area contributed by atoms with Crippen molar-refractivity contribution in [3.05, 3.63) is 0 Å². The lowest BCUT2D eigenvalue weighted by Crippen LogP contribution is -2.70. The molecule has 5 heteroatoms. The van der Waals surface area contributed by atoms with Crippen LogP contribution in [-0.2, 0) is 9.59 Å². The van der Waals surface area contributed by atoms with Crippen LogP contribution in [0, 0.1) is 5.92 Å². The second-order valence-corrected chi connectivity index (χ2v) is 7.98. The van der Waals surface area contributed by atoms with E-state index in [2.05, 4.69) is 11.6 Å². The molecule has 1 N–H and O–H groups in total. The number of rotatable bonds is 3. The van der Waals surface area contributed by atoms with Crippen LogP contribution in [0.3, 0.4) is 0 Å². The molecule has 0 aromatic heterocycles. The van der Waals surface area contributed by atoms with E-state index in [9.17, 15) is 9.59 Å². The van der Waals surface area contributed by atoms with Crippen LogP contribution in [-0.4, -0.2) is 45.8 Å². The molecule has 1 saturated heterocycles. The average molecular weight is 298 g/mol. The van der Waals surface area contributed by atoms with E-state index in [0.717, 1.165) is 19.3 Å². The molecule has 2 rings (SSSR count). The van der Waals surface area contributed by atoms with E-state index in [1.165, 1.54) is 0 Å². The van der Waals surface area contributed by atoms with Gasteiger partial charge in [-0.2, -0.15) is 11.8 Å². The zero-order chi connectivity index (χ0) is 15.1. The van der Waals surface area contributed by atoms with Crippen molar-refractivity contribution in [3.8, 4) is 0 Å². The predicted octanol–water partition coefficient (Wildman–Crippen LogP) is 2.03. The van der Waals surface area contributed by atoms with Crippen molar-refractivity contribution in [2.45, 2.75) is 69.8 Å². The number of nitrogens with zero attached hydrogens (tertiary/aromatic N) is 1. The molecule has 3 unspecified atom stereocenters. The van der Waals surface area contributed by atoms with E-state index in [1.54, 1.807) is 13.8 Å². The summed E-state index contributed by atoms with van der Waals surface area (Å²) in [4.78, 5) is 27.1. The van der Waals surface area contributed by atoms with Gasteiger partial charge in [0, 0.05) is 11.3 Å². The van der Waals surface area contributed by atoms with Crippen molar-refractivity contribution >= 4 is 23.6 Å². The normalized spacial score (nSPS) is 33.7. The molecule has 3 atom stereocenters. The molecule has 2 aliphatic rings. The SMILES string of the molecule is CSC1CCC(N2C(=O)C(C)(C)NC(=O)C2C(C)C)C1. The molecular weight excluding hydrogens is 272 g/mol. The smallest absolute Gasteiger partial charge is 0.248 e. The van der Waals surface area contributed by atoms with Crippen LogP contribution in [0.25, 0.3) is 0 Å². The lowest BCUT2D eigenvalue weighted by Gasteiger charge is -2.47. The zero-order valence-corrected chi connectivity index (χ0v) is 13.9. The Morgan fingerprint density at radius 2 is 1.95 bits per heavy atom. The van der Waals surface area contributed by atoms with E-state index in [1.807, 2.05) is 30.5 Å². The highest BCUT2D eigenvalue weighted by Crippen LogP contribution is 2.36. The average Bonchev–Trinajstić information content (AvgIpc) is 2.80. The highest BCUT2D eigenvalue weighted by molar-refractivity contribution is 7.99. The molecule has 2 amide bonds. The Kier molecular flexibility index (Phi) is 4.38. The molecule has 0 aromatic rings. The molecule has 114 valence electrons. The number of nitrogens with one attached hydrogen (secondary N) is 1. The van der Waals surface area contributed by atoms with E-state index in [-0.39, 0.29) is 29.8 Å². The van der Waals surface area contributed by atoms with Crippen molar-refractivity contribution < 1.29 is 9.59 Å². The summed E-state index contributed by atoms with van der Waals surface area (Å²) in [5.74, 6) is 0.211. The fraction of sp³-hybridized carbons (Fsp3) is 0.867. The van der Waals surface area contributed by atoms with Crippen molar-refractivity contribution in [1.29, 1.82) is 0 Å². The van der Waals surface area contributed by atoms with Gasteiger partial charge in [-0.3, -0.25) is 9.59 Å². The van der Waals surface area contributed by atoms with Crippen molar-refractivity contribution in [2.24, 2.45) is 5.92 Å². The minimum Gasteiger partial charge on any atom is -0.340 e. The topological polar surface area (TPSA) is 49.4 Å². The van der Waals surface area contributed by atoms with Crippen LogP contribution in [0.15, 0.2) is 0 Å². The van der Waals surface area contributed by atoms with E-state index >= 15 is 0 Å². The Labute approximate surface area is 126 Å². The van der Waals surface area contributed by atoms with Crippen LogP contribution in [0.1, 0.15) is 47.0 Å². The zero-order valence-electron chi connectivity index (χ0n) is 13.1. The number of hydrogen-bond acceptors (Lipinski definition) is 3. The third kappa shape index (κ3) is 2.69. The highest BCUT2D eigenvalue weighted by atomic mass is 32.2. The summed E-state index contributed by atoms with van der Waals surface area (Å²) >= 11 is 1.87. The number of piperazine rings is 1. The number of hydrogen-bond donors (Lipinski definition) is 1. The molecule has 1 heterocycles. The summed E-state index contributed by atoms with van der Waals surface area (Å²) in [6, 6.07) is -0.0983. The number of amides is 2. The first-order valence-electron chi connectivity index (χ1n) is 7.45. The molecule has 2 fully saturated rings. The van der Waals surface area contributed by atoms with Crippen molar-refractivity contribution in [3.63, 3.8) is 0 Å². The summed E-state index contributed by atoms with van der Waals surface area (Å²) in [5, 5.41) is 3.50. The molecule has 0 aromatic carbocycles. The minimum atomic E-state index is -0.778. The van der Waals surface area contributed by atoms with Gasteiger partial charge in [0.05, 0.1) is 0 Å². The molecule has 0 spiro atoms. The van der Waals surface area contributed by atoms with E-state index in [0.29, 0.717) is 5.25 Å². The Morgan fingerprint density at radius 1 is 1.30 bits per heavy atom. The van der Waals surface area contributed by atoms with Crippen molar-refractivity contribution in [1.82, 2.24) is 10.2 Å². The van der Waals surface area contributed by atoms with Gasteiger partial charge in [-0.1, -0.05) is 13.8 Å². The molecule has 1 aliphatic heterocycles. The Hall–Kier alpha value is -0.710. The van der Waals surface area contributed by atoms with Gasteiger partial charge in [-0.15, -0.1) is 0 Å². The monoisotopic (exact) mass is 298 g/mol. The molecule has 0 bridgehead atoms. The summed E-state index contributed by atoms with van der Waals surface area (Å²) in [7, 11) is 0. The van der Waals surface area contributed by atoms with Gasteiger partial charge in [0.1, 0.15) is 11.6 Å². The standard InChI is InChI=1S/C15H26N2O2S/c1-9(2)12-13(18)16-15(3,4)14(19)17(12)10-6-7-11(8-10)20-5/h9-12H,6-8H2,1-5H3,(H,16,18). The van der Waals surface area contributed by atoms with E-state index in [4.69, 9.17) is 0 Å². The lowest BCUT2D eigenvalue weighted by atomic mass is 9.89. The van der Waals surface area contributed by atoms with Gasteiger partial charge in [0.15, 0.2) is 0 Å². The Morgan fingerprint density at radius 3 is 2.45 bits per heavy atom. The second-order valence-electron chi connectivity index (χ2n) is 6.84. The summed E-state index contributed by atoms with van der Waals surface area (Å²) < 4.78 is 0. The maximum absolute atomic E-state index is 12.8. The quantitative estimate of drug-likeness (QED) is 0.867. The van der Waals surface area contributed by atoms with Gasteiger partial charge in [-0.05, 0) is 45.3 Å². The maximum Gasteiger partial charge on any atom is 0.248 e. The third-order valence-electron chi connectivity index (χ3n) is 4.49. The second kappa shape index (κ2) is 5.58. The molecule has 4 nitrogen and oxygen atoms in total. The first-order valence-corrected chi connectivity index (χ1v) is 8.74. The molecular formula is C15H26N2O2S. The van der Waals surface area contributed by atoms with Gasteiger partial charge in [0.2, 0.25) is 11.8 Å². The number of carbonyl (C=O) groups excluding carboxylic acids is 2. The largest absolute Gasteiger partial charge is 0.340 e. The van der Waals surface area contributed by atoms with Gasteiger partial charge in [0.25, 0.3) is 0 Å². The van der Waals surface area contributed by atoms with Gasteiger partial charge in [-0.25, -0.2) is 0 Å². The number of carbonyl (C=O) groups is 2. The first kappa shape index (κ1) is 15.7. The summed E-state index contributed by atoms with van der Waals surface area (Å²) in [6.45, 7) is 7.64. The third-order valence-corrected chi connectivity index (χ3v) is 5.58. The first-order chi connectivity index (χ1) is 9.27. The van der Waals surface area contributed by atoms with Crippen LogP contribution in [0.4, 0.5) is 0 Å². The summed E-state index contributed by atoms with van der Waals surface area (Å²) in [5.41, 5.74) is -0.778. The predicted molar refractivity (Wildman–Crippen MR) is 82.6 cm³/mol. The van der Waals surface area contributed by atoms with Crippen LogP contribution >= 0.6 is 11.8 Å². The van der Waals surface area contributed by atoms with Crippen molar-refractivity contribution in [2.75, 3.05) is 6.26 Å². The molecule has 1 aliphatic carbocycles. The van der Waals surface area contributed by atoms with Crippen LogP contribution in [0.5, 0.6) is 0 Å².